The predicted octanol–water partition coefficient (Wildman–Crippen LogP) is 1.32. The average molecular weight is 243 g/mol. The molecule has 0 amide bonds. The van der Waals surface area contributed by atoms with Crippen molar-refractivity contribution in [2.45, 2.75) is 11.4 Å². The Labute approximate surface area is 95.5 Å². The fraction of sp³-hybridized carbons (Fsp3) is 0.300. The zero-order valence-corrected chi connectivity index (χ0v) is 9.00. The molecule has 0 bridgehead atoms. The number of thioether (sulfide) groups is 1. The molecule has 4 nitrogen and oxygen atoms in total. The Hall–Kier alpha value is -1.27. The van der Waals surface area contributed by atoms with Crippen molar-refractivity contribution in [3.63, 3.8) is 0 Å². The molecule has 16 heavy (non-hydrogen) atoms. The molecule has 1 aliphatic heterocycles. The molecule has 0 aromatic heterocycles. The fourth-order valence-corrected chi connectivity index (χ4v) is 2.78. The highest BCUT2D eigenvalue weighted by Crippen LogP contribution is 2.37. The van der Waals surface area contributed by atoms with Gasteiger partial charge >= 0.3 is 5.97 Å². The molecule has 0 spiro atoms. The summed E-state index contributed by atoms with van der Waals surface area (Å²) in [7, 11) is 0. The van der Waals surface area contributed by atoms with Crippen LogP contribution in [0.4, 0.5) is 4.39 Å². The molecule has 1 fully saturated rings. The monoisotopic (exact) mass is 243 g/mol. The van der Waals surface area contributed by atoms with E-state index in [-0.39, 0.29) is 11.1 Å². The van der Waals surface area contributed by atoms with Crippen molar-refractivity contribution in [3.8, 4) is 5.75 Å². The number of carbonyl (C=O) groups is 1. The molecule has 1 aliphatic rings. The number of aliphatic carboxylic acids is 1. The van der Waals surface area contributed by atoms with E-state index < -0.39 is 17.8 Å². The van der Waals surface area contributed by atoms with E-state index in [4.69, 9.17) is 5.11 Å². The second kappa shape index (κ2) is 4.31. The molecule has 1 saturated heterocycles. The summed E-state index contributed by atoms with van der Waals surface area (Å²) < 4.78 is 13.0. The topological polar surface area (TPSA) is 69.6 Å². The first-order chi connectivity index (χ1) is 7.58. The van der Waals surface area contributed by atoms with Crippen LogP contribution in [-0.2, 0) is 4.79 Å². The maximum atomic E-state index is 13.0. The van der Waals surface area contributed by atoms with Gasteiger partial charge in [0.2, 0.25) is 0 Å². The number of carboxylic acid groups (broad SMARTS) is 1. The molecule has 1 aromatic rings. The lowest BCUT2D eigenvalue weighted by molar-refractivity contribution is -0.138. The van der Waals surface area contributed by atoms with Gasteiger partial charge in [-0.1, -0.05) is 0 Å². The van der Waals surface area contributed by atoms with Crippen LogP contribution in [0.15, 0.2) is 18.2 Å². The van der Waals surface area contributed by atoms with Crippen molar-refractivity contribution in [3.05, 3.63) is 29.6 Å². The van der Waals surface area contributed by atoms with Gasteiger partial charge in [0.25, 0.3) is 0 Å². The lowest BCUT2D eigenvalue weighted by Gasteiger charge is -2.12. The standard InChI is InChI=1S/C10H10FNO3S/c11-5-1-2-8(13)6(3-5)9-12-7(4-16-9)10(14)15/h1-3,7,9,12-13H,4H2,(H,14,15)/t7-,9?/m0/s1. The van der Waals surface area contributed by atoms with Gasteiger partial charge in [0.15, 0.2) is 0 Å². The molecule has 6 heteroatoms. The van der Waals surface area contributed by atoms with Crippen molar-refractivity contribution in [2.75, 3.05) is 5.75 Å². The number of hydrogen-bond acceptors (Lipinski definition) is 4. The molecule has 3 N–H and O–H groups in total. The zero-order chi connectivity index (χ0) is 11.7. The van der Waals surface area contributed by atoms with Gasteiger partial charge in [0, 0.05) is 11.3 Å². The minimum absolute atomic E-state index is 0.0301. The van der Waals surface area contributed by atoms with Gasteiger partial charge in [-0.3, -0.25) is 10.1 Å². The number of carboxylic acids is 1. The Kier molecular flexibility index (Phi) is 3.02. The van der Waals surface area contributed by atoms with E-state index in [1.54, 1.807) is 0 Å². The number of aromatic hydroxyl groups is 1. The highest BCUT2D eigenvalue weighted by molar-refractivity contribution is 7.99. The Bertz CT molecular complexity index is 427. The number of hydrogen-bond donors (Lipinski definition) is 3. The van der Waals surface area contributed by atoms with E-state index in [0.29, 0.717) is 11.3 Å². The minimum Gasteiger partial charge on any atom is -0.508 e. The molecule has 2 atom stereocenters. The van der Waals surface area contributed by atoms with Gasteiger partial charge < -0.3 is 10.2 Å². The van der Waals surface area contributed by atoms with Crippen molar-refractivity contribution >= 4 is 17.7 Å². The Balaban J connectivity index is 2.20. The second-order valence-electron chi connectivity index (χ2n) is 3.47. The summed E-state index contributed by atoms with van der Waals surface area (Å²) in [6, 6.07) is 2.98. The number of halogens is 1. The van der Waals surface area contributed by atoms with E-state index in [1.807, 2.05) is 0 Å². The van der Waals surface area contributed by atoms with Crippen LogP contribution in [0, 0.1) is 5.82 Å². The summed E-state index contributed by atoms with van der Waals surface area (Å²) in [5.41, 5.74) is 0.383. The van der Waals surface area contributed by atoms with Crippen LogP contribution in [0.25, 0.3) is 0 Å². The summed E-state index contributed by atoms with van der Waals surface area (Å²) in [4.78, 5) is 10.7. The SMILES string of the molecule is O=C(O)[C@@H]1CSC(c2cc(F)ccc2O)N1. The first kappa shape index (κ1) is 11.2. The minimum atomic E-state index is -0.939. The maximum Gasteiger partial charge on any atom is 0.321 e. The van der Waals surface area contributed by atoms with Crippen molar-refractivity contribution in [1.82, 2.24) is 5.32 Å². The lowest BCUT2D eigenvalue weighted by Crippen LogP contribution is -2.33. The van der Waals surface area contributed by atoms with Crippen molar-refractivity contribution < 1.29 is 19.4 Å². The van der Waals surface area contributed by atoms with Gasteiger partial charge in [-0.05, 0) is 18.2 Å². The van der Waals surface area contributed by atoms with Gasteiger partial charge in [-0.2, -0.15) is 0 Å². The lowest BCUT2D eigenvalue weighted by atomic mass is 10.2. The molecule has 1 unspecified atom stereocenters. The van der Waals surface area contributed by atoms with Crippen LogP contribution in [0.3, 0.4) is 0 Å². The van der Waals surface area contributed by atoms with Gasteiger partial charge in [0.1, 0.15) is 17.6 Å². The summed E-state index contributed by atoms with van der Waals surface area (Å²) in [6.45, 7) is 0. The van der Waals surface area contributed by atoms with Crippen LogP contribution >= 0.6 is 11.8 Å². The molecule has 0 aliphatic carbocycles. The fourth-order valence-electron chi connectivity index (χ4n) is 1.53. The third-order valence-corrected chi connectivity index (χ3v) is 3.60. The first-order valence-electron chi connectivity index (χ1n) is 4.67. The number of benzene rings is 1. The molecule has 86 valence electrons. The normalized spacial score (nSPS) is 24.6. The predicted molar refractivity (Wildman–Crippen MR) is 57.8 cm³/mol. The van der Waals surface area contributed by atoms with Gasteiger partial charge in [-0.15, -0.1) is 11.8 Å². The van der Waals surface area contributed by atoms with Crippen LogP contribution in [0.2, 0.25) is 0 Å². The average Bonchev–Trinajstić information content (AvgIpc) is 2.70. The Morgan fingerprint density at radius 1 is 1.56 bits per heavy atom. The number of rotatable bonds is 2. The molecular weight excluding hydrogens is 233 g/mol. The van der Waals surface area contributed by atoms with E-state index in [9.17, 15) is 14.3 Å². The number of phenols is 1. The molecule has 0 saturated carbocycles. The quantitative estimate of drug-likeness (QED) is 0.731. The largest absolute Gasteiger partial charge is 0.508 e. The number of nitrogens with one attached hydrogen (secondary N) is 1. The van der Waals surface area contributed by atoms with Crippen molar-refractivity contribution in [2.24, 2.45) is 0 Å². The Morgan fingerprint density at radius 3 is 2.94 bits per heavy atom. The first-order valence-corrected chi connectivity index (χ1v) is 5.71. The molecule has 1 aromatic carbocycles. The third kappa shape index (κ3) is 2.12. The van der Waals surface area contributed by atoms with E-state index in [1.165, 1.54) is 23.9 Å². The molecule has 1 heterocycles. The summed E-state index contributed by atoms with van der Waals surface area (Å²) in [5.74, 6) is -1.02. The number of phenolic OH excluding ortho intramolecular Hbond substituents is 1. The molecular formula is C10H10FNO3S. The molecule has 2 rings (SSSR count). The van der Waals surface area contributed by atoms with Gasteiger partial charge in [0.05, 0.1) is 5.37 Å². The smallest absolute Gasteiger partial charge is 0.321 e. The third-order valence-electron chi connectivity index (χ3n) is 2.35. The summed E-state index contributed by atoms with van der Waals surface area (Å²) in [5, 5.41) is 20.8. The van der Waals surface area contributed by atoms with E-state index in [0.717, 1.165) is 6.07 Å². The maximum absolute atomic E-state index is 13.0. The van der Waals surface area contributed by atoms with Crippen molar-refractivity contribution in [1.29, 1.82) is 0 Å². The highest BCUT2D eigenvalue weighted by Gasteiger charge is 2.31. The molecule has 0 radical (unpaired) electrons. The van der Waals surface area contributed by atoms with E-state index >= 15 is 0 Å². The Morgan fingerprint density at radius 2 is 2.31 bits per heavy atom. The van der Waals surface area contributed by atoms with Crippen LogP contribution in [-0.4, -0.2) is 28.0 Å². The van der Waals surface area contributed by atoms with Gasteiger partial charge in [-0.25, -0.2) is 4.39 Å². The zero-order valence-electron chi connectivity index (χ0n) is 8.18. The van der Waals surface area contributed by atoms with Crippen LogP contribution < -0.4 is 5.32 Å². The summed E-state index contributed by atoms with van der Waals surface area (Å²) >= 11 is 1.34. The highest BCUT2D eigenvalue weighted by atomic mass is 32.2. The van der Waals surface area contributed by atoms with Crippen LogP contribution in [0.1, 0.15) is 10.9 Å². The second-order valence-corrected chi connectivity index (χ2v) is 4.61. The summed E-state index contributed by atoms with van der Waals surface area (Å²) in [6.07, 6.45) is 0. The van der Waals surface area contributed by atoms with E-state index in [2.05, 4.69) is 5.32 Å². The van der Waals surface area contributed by atoms with Crippen LogP contribution in [0.5, 0.6) is 5.75 Å².